The van der Waals surface area contributed by atoms with Crippen LogP contribution in [0.2, 0.25) is 0 Å². The number of hydrogen-bond acceptors (Lipinski definition) is 3. The number of benzene rings is 1. The van der Waals surface area contributed by atoms with Crippen molar-refractivity contribution in [1.29, 1.82) is 0 Å². The SMILES string of the molecule is C=CC(=O)N1CCC(C(=O)NCCOC)(c2ccccc2)CC1. The number of amides is 2. The van der Waals surface area contributed by atoms with Gasteiger partial charge in [-0.05, 0) is 24.5 Å². The fourth-order valence-electron chi connectivity index (χ4n) is 3.08. The standard InChI is InChI=1S/C18H24N2O3/c1-3-16(21)20-12-9-18(10-13-20,15-7-5-4-6-8-15)17(22)19-11-14-23-2/h3-8H,1,9-14H2,2H3,(H,19,22). The Kier molecular flexibility index (Phi) is 5.93. The van der Waals surface area contributed by atoms with E-state index in [1.54, 1.807) is 12.0 Å². The van der Waals surface area contributed by atoms with Crippen LogP contribution in [0.3, 0.4) is 0 Å². The molecule has 0 atom stereocenters. The highest BCUT2D eigenvalue weighted by Crippen LogP contribution is 2.36. The summed E-state index contributed by atoms with van der Waals surface area (Å²) in [4.78, 5) is 26.4. The second kappa shape index (κ2) is 7.92. The number of carbonyl (C=O) groups excluding carboxylic acids is 2. The number of likely N-dealkylation sites (tertiary alicyclic amines) is 1. The van der Waals surface area contributed by atoms with E-state index < -0.39 is 5.41 Å². The lowest BCUT2D eigenvalue weighted by Crippen LogP contribution is -2.53. The third kappa shape index (κ3) is 3.79. The Bertz CT molecular complexity index is 549. The number of piperidine rings is 1. The molecule has 23 heavy (non-hydrogen) atoms. The lowest BCUT2D eigenvalue weighted by atomic mass is 9.72. The Labute approximate surface area is 137 Å². The van der Waals surface area contributed by atoms with E-state index in [4.69, 9.17) is 4.74 Å². The quantitative estimate of drug-likeness (QED) is 0.639. The second-order valence-electron chi connectivity index (χ2n) is 5.73. The van der Waals surface area contributed by atoms with Gasteiger partial charge in [0.25, 0.3) is 0 Å². The van der Waals surface area contributed by atoms with Crippen molar-refractivity contribution in [2.45, 2.75) is 18.3 Å². The molecule has 5 nitrogen and oxygen atoms in total. The lowest BCUT2D eigenvalue weighted by molar-refractivity contribution is -0.134. The Morgan fingerprint density at radius 3 is 2.52 bits per heavy atom. The predicted octanol–water partition coefficient (Wildman–Crippen LogP) is 1.50. The van der Waals surface area contributed by atoms with Gasteiger partial charge < -0.3 is 15.0 Å². The molecule has 1 N–H and O–H groups in total. The molecule has 1 saturated heterocycles. The van der Waals surface area contributed by atoms with Gasteiger partial charge in [-0.2, -0.15) is 0 Å². The summed E-state index contributed by atoms with van der Waals surface area (Å²) in [6, 6.07) is 9.81. The van der Waals surface area contributed by atoms with E-state index in [9.17, 15) is 9.59 Å². The molecule has 1 aromatic rings. The van der Waals surface area contributed by atoms with Gasteiger partial charge in [-0.1, -0.05) is 36.9 Å². The fraction of sp³-hybridized carbons (Fsp3) is 0.444. The van der Waals surface area contributed by atoms with E-state index in [1.807, 2.05) is 30.3 Å². The summed E-state index contributed by atoms with van der Waals surface area (Å²) in [5, 5.41) is 2.96. The lowest BCUT2D eigenvalue weighted by Gasteiger charge is -2.40. The molecule has 0 spiro atoms. The molecule has 1 fully saturated rings. The van der Waals surface area contributed by atoms with Crippen LogP contribution >= 0.6 is 0 Å². The Hall–Kier alpha value is -2.14. The molecule has 0 aromatic heterocycles. The first kappa shape index (κ1) is 17.2. The molecule has 0 unspecified atom stereocenters. The van der Waals surface area contributed by atoms with E-state index in [1.165, 1.54) is 6.08 Å². The van der Waals surface area contributed by atoms with Crippen LogP contribution in [0.5, 0.6) is 0 Å². The predicted molar refractivity (Wildman–Crippen MR) is 89.0 cm³/mol. The first-order valence-corrected chi connectivity index (χ1v) is 7.88. The summed E-state index contributed by atoms with van der Waals surface area (Å²) in [5.74, 6) is -0.0714. The number of hydrogen-bond donors (Lipinski definition) is 1. The zero-order chi connectivity index (χ0) is 16.7. The first-order valence-electron chi connectivity index (χ1n) is 7.88. The monoisotopic (exact) mass is 316 g/mol. The summed E-state index contributed by atoms with van der Waals surface area (Å²) < 4.78 is 5.00. The van der Waals surface area contributed by atoms with Crippen LogP contribution < -0.4 is 5.32 Å². The summed E-state index contributed by atoms with van der Waals surface area (Å²) >= 11 is 0. The molecule has 1 aromatic carbocycles. The molecule has 0 aliphatic carbocycles. The molecule has 0 saturated carbocycles. The minimum atomic E-state index is -0.590. The van der Waals surface area contributed by atoms with Gasteiger partial charge in [0.2, 0.25) is 11.8 Å². The third-order valence-corrected chi connectivity index (χ3v) is 4.46. The highest BCUT2D eigenvalue weighted by atomic mass is 16.5. The Balaban J connectivity index is 2.19. The van der Waals surface area contributed by atoms with Crippen LogP contribution in [0.15, 0.2) is 43.0 Å². The number of carbonyl (C=O) groups is 2. The average molecular weight is 316 g/mol. The normalized spacial score (nSPS) is 16.7. The van der Waals surface area contributed by atoms with Crippen LogP contribution in [0.25, 0.3) is 0 Å². The minimum absolute atomic E-state index is 0.00597. The molecule has 0 radical (unpaired) electrons. The zero-order valence-electron chi connectivity index (χ0n) is 13.6. The van der Waals surface area contributed by atoms with Crippen molar-refractivity contribution in [2.75, 3.05) is 33.4 Å². The molecule has 1 heterocycles. The van der Waals surface area contributed by atoms with Crippen molar-refractivity contribution >= 4 is 11.8 Å². The summed E-state index contributed by atoms with van der Waals surface area (Å²) in [5.41, 5.74) is 0.410. The van der Waals surface area contributed by atoms with Crippen molar-refractivity contribution < 1.29 is 14.3 Å². The second-order valence-corrected chi connectivity index (χ2v) is 5.73. The van der Waals surface area contributed by atoms with Gasteiger partial charge in [-0.15, -0.1) is 0 Å². The van der Waals surface area contributed by atoms with E-state index in [0.29, 0.717) is 39.1 Å². The van der Waals surface area contributed by atoms with E-state index >= 15 is 0 Å². The fourth-order valence-corrected chi connectivity index (χ4v) is 3.08. The van der Waals surface area contributed by atoms with Gasteiger partial charge in [0.15, 0.2) is 0 Å². The molecular weight excluding hydrogens is 292 g/mol. The molecule has 0 bridgehead atoms. The summed E-state index contributed by atoms with van der Waals surface area (Å²) in [6.07, 6.45) is 2.54. The highest BCUT2D eigenvalue weighted by Gasteiger charge is 2.43. The molecule has 2 rings (SSSR count). The van der Waals surface area contributed by atoms with Gasteiger partial charge in [0.05, 0.1) is 12.0 Å². The maximum Gasteiger partial charge on any atom is 0.245 e. The molecule has 5 heteroatoms. The third-order valence-electron chi connectivity index (χ3n) is 4.46. The van der Waals surface area contributed by atoms with Crippen LogP contribution in [-0.2, 0) is 19.7 Å². The topological polar surface area (TPSA) is 58.6 Å². The minimum Gasteiger partial charge on any atom is -0.383 e. The molecule has 1 aliphatic rings. The van der Waals surface area contributed by atoms with Crippen molar-refractivity contribution in [3.05, 3.63) is 48.6 Å². The van der Waals surface area contributed by atoms with E-state index in [0.717, 1.165) is 5.56 Å². The van der Waals surface area contributed by atoms with Crippen molar-refractivity contribution in [3.8, 4) is 0 Å². The number of ether oxygens (including phenoxy) is 1. The molecular formula is C18H24N2O3. The molecule has 124 valence electrons. The van der Waals surface area contributed by atoms with E-state index in [-0.39, 0.29) is 11.8 Å². The maximum atomic E-state index is 12.9. The number of rotatable bonds is 6. The summed E-state index contributed by atoms with van der Waals surface area (Å²) in [7, 11) is 1.61. The number of methoxy groups -OCH3 is 1. The Morgan fingerprint density at radius 2 is 1.96 bits per heavy atom. The molecule has 1 aliphatic heterocycles. The largest absolute Gasteiger partial charge is 0.383 e. The van der Waals surface area contributed by atoms with Gasteiger partial charge in [-0.3, -0.25) is 9.59 Å². The van der Waals surface area contributed by atoms with Crippen LogP contribution in [0, 0.1) is 0 Å². The Morgan fingerprint density at radius 1 is 1.30 bits per heavy atom. The molecule has 2 amide bonds. The first-order chi connectivity index (χ1) is 11.1. The maximum absolute atomic E-state index is 12.9. The van der Waals surface area contributed by atoms with Crippen molar-refractivity contribution in [2.24, 2.45) is 0 Å². The van der Waals surface area contributed by atoms with E-state index in [2.05, 4.69) is 11.9 Å². The van der Waals surface area contributed by atoms with Gasteiger partial charge in [0.1, 0.15) is 0 Å². The van der Waals surface area contributed by atoms with Crippen molar-refractivity contribution in [3.63, 3.8) is 0 Å². The zero-order valence-corrected chi connectivity index (χ0v) is 13.6. The average Bonchev–Trinajstić information content (AvgIpc) is 2.62. The van der Waals surface area contributed by atoms with Crippen LogP contribution in [0.1, 0.15) is 18.4 Å². The van der Waals surface area contributed by atoms with Gasteiger partial charge in [-0.25, -0.2) is 0 Å². The number of nitrogens with one attached hydrogen (secondary N) is 1. The summed E-state index contributed by atoms with van der Waals surface area (Å²) in [6.45, 7) is 5.61. The number of nitrogens with zero attached hydrogens (tertiary/aromatic N) is 1. The van der Waals surface area contributed by atoms with Crippen molar-refractivity contribution in [1.82, 2.24) is 10.2 Å². The smallest absolute Gasteiger partial charge is 0.245 e. The highest BCUT2D eigenvalue weighted by molar-refractivity contribution is 5.90. The van der Waals surface area contributed by atoms with Gasteiger partial charge in [0, 0.05) is 26.7 Å². The van der Waals surface area contributed by atoms with Crippen LogP contribution in [-0.4, -0.2) is 50.1 Å². The van der Waals surface area contributed by atoms with Crippen LogP contribution in [0.4, 0.5) is 0 Å². The van der Waals surface area contributed by atoms with Gasteiger partial charge >= 0.3 is 0 Å².